The van der Waals surface area contributed by atoms with Crippen molar-refractivity contribution in [3.63, 3.8) is 0 Å². The smallest absolute Gasteiger partial charge is 0.140 e. The normalized spacial score (nSPS) is 10.7. The van der Waals surface area contributed by atoms with E-state index < -0.39 is 0 Å². The van der Waals surface area contributed by atoms with Gasteiger partial charge in [0.05, 0.1) is 23.0 Å². The van der Waals surface area contributed by atoms with Gasteiger partial charge < -0.3 is 18.9 Å². The van der Waals surface area contributed by atoms with E-state index in [1.165, 1.54) is 27.1 Å². The quantitative estimate of drug-likeness (QED) is 0.133. The first-order valence-electron chi connectivity index (χ1n) is 26.1. The van der Waals surface area contributed by atoms with E-state index in [9.17, 15) is 0 Å². The summed E-state index contributed by atoms with van der Waals surface area (Å²) in [7, 11) is 3.92. The third-order valence-electron chi connectivity index (χ3n) is 12.3. The molecule has 0 amide bonds. The van der Waals surface area contributed by atoms with E-state index in [-0.39, 0.29) is 101 Å². The Labute approximate surface area is 566 Å². The largest absolute Gasteiger partial charge is 0.510 e. The molecule has 12 aromatic rings. The van der Waals surface area contributed by atoms with Gasteiger partial charge in [-0.15, -0.1) is 149 Å². The number of aromatic nitrogens is 8. The van der Waals surface area contributed by atoms with Gasteiger partial charge in [0, 0.05) is 160 Å². The Hall–Kier alpha value is -6.20. The first-order valence-corrected chi connectivity index (χ1v) is 26.9. The average molecular weight is 2010 g/mol. The zero-order valence-electron chi connectivity index (χ0n) is 46.9. The van der Waals surface area contributed by atoms with Crippen LogP contribution in [0.25, 0.3) is 66.3 Å². The third kappa shape index (κ3) is 19.2. The first kappa shape index (κ1) is 70.3. The number of thiazole rings is 1. The molecule has 5 heterocycles. The molecule has 0 aliphatic carbocycles. The molecule has 0 atom stereocenters. The Balaban J connectivity index is 0.000000224. The van der Waals surface area contributed by atoms with Crippen molar-refractivity contribution in [2.24, 2.45) is 7.05 Å². The summed E-state index contributed by atoms with van der Waals surface area (Å²) < 4.78 is 7.25. The summed E-state index contributed by atoms with van der Waals surface area (Å²) in [6.45, 7) is 10.6. The molecule has 0 spiro atoms. The molecule has 0 saturated heterocycles. The predicted molar refractivity (Wildman–Crippen MR) is 322 cm³/mol. The van der Waals surface area contributed by atoms with Crippen LogP contribution in [-0.2, 0) is 114 Å². The predicted octanol–water partition coefficient (Wildman–Crippen LogP) is 15.4. The third-order valence-corrected chi connectivity index (χ3v) is 13.4. The average Bonchev–Trinajstić information content (AvgIpc) is 4.48. The second kappa shape index (κ2) is 35.9. The van der Waals surface area contributed by atoms with Crippen LogP contribution in [0.3, 0.4) is 0 Å². The molecule has 10 nitrogen and oxygen atoms in total. The van der Waals surface area contributed by atoms with Gasteiger partial charge in [-0.05, 0) is 82.0 Å². The van der Waals surface area contributed by atoms with E-state index in [1.807, 2.05) is 230 Å². The topological polar surface area (TPSA) is 85.7 Å². The van der Waals surface area contributed by atoms with Crippen molar-refractivity contribution in [2.45, 2.75) is 40.5 Å². The van der Waals surface area contributed by atoms with Gasteiger partial charge in [0.25, 0.3) is 0 Å². The van der Waals surface area contributed by atoms with Gasteiger partial charge in [0.1, 0.15) is 5.82 Å². The molecule has 439 valence electrons. The summed E-state index contributed by atoms with van der Waals surface area (Å²) in [5.74, 6) is 3.64. The van der Waals surface area contributed by atoms with Crippen molar-refractivity contribution >= 4 is 27.2 Å². The fourth-order valence-corrected chi connectivity index (χ4v) is 9.74. The van der Waals surface area contributed by atoms with Gasteiger partial charge >= 0.3 is 0 Å². The number of anilines is 1. The molecule has 8 aromatic carbocycles. The number of nitrogens with zero attached hydrogens (tertiary/aromatic N) is 10. The van der Waals surface area contributed by atoms with Crippen molar-refractivity contribution in [1.29, 1.82) is 0 Å². The second-order valence-corrected chi connectivity index (χ2v) is 19.4. The zero-order valence-corrected chi connectivity index (χ0v) is 59.7. The fraction of sp³-hybridized carbons (Fsp3) is 0.118. The number of imidazole rings is 2. The SMILES string of the molecule is CCCc1nc(-c2[c-]cccc2)n(C)n1.CN1C=CN(c2[c-]cccc2)[CH-]1.Cc1cc(C)c(-n2ccnc2-c2[c-]cccc2)c(C)c1.[Ir].[Ir].[Ir].[Ir].[Ir].[c-]1ccccc1-c1nc2ccccc2s1.[c-]1ccccc1-c1nccn1-c1ccccc1. The van der Waals surface area contributed by atoms with Crippen LogP contribution in [0.15, 0.2) is 225 Å². The van der Waals surface area contributed by atoms with Crippen molar-refractivity contribution in [2.75, 3.05) is 11.9 Å². The molecule has 13 rings (SSSR count). The minimum absolute atomic E-state index is 0. The molecule has 16 heteroatoms. The fourth-order valence-electron chi connectivity index (χ4n) is 8.78. The van der Waals surface area contributed by atoms with E-state index in [2.05, 4.69) is 123 Å². The standard InChI is InChI=1S/C18H17N2.C15H11N2.C13H8NS.C12H14N3.C10H10N2.5Ir/c1-13-11-14(2)17(15(3)12-13)20-10-9-19-18(20)16-7-5-4-6-8-16;1-3-7-13(8-4-1)15-16-11-12-17(15)14-9-5-2-6-10-14;1-2-6-10(7-3-1)13-14-11-8-4-5-9-12(11)15-13;1-3-7-11-13-12(15(2)14-11)10-8-5-4-6-9-10;1-11-7-8-12(9-11)10-5-3-2-4-6-10;;;;;/h4-7,9-12H,1-3H3;1-7,9-12H;1-6,8-9H;4-6,8H,3,7H2,1-2H3;2-5,7-9H,1H3;;;;;/q4*-1;-2;;;;;. The number of benzene rings is 8. The maximum atomic E-state index is 4.57. The van der Waals surface area contributed by atoms with Crippen LogP contribution in [0.2, 0.25) is 0 Å². The van der Waals surface area contributed by atoms with Crippen LogP contribution in [0.1, 0.15) is 35.9 Å². The molecule has 1 aliphatic heterocycles. The van der Waals surface area contributed by atoms with E-state index in [0.717, 1.165) is 80.3 Å². The van der Waals surface area contributed by atoms with Gasteiger partial charge in [-0.25, -0.2) is 0 Å². The Morgan fingerprint density at radius 1 is 0.512 bits per heavy atom. The van der Waals surface area contributed by atoms with Crippen molar-refractivity contribution in [3.05, 3.63) is 285 Å². The van der Waals surface area contributed by atoms with Crippen LogP contribution in [0.5, 0.6) is 0 Å². The molecule has 5 radical (unpaired) electrons. The van der Waals surface area contributed by atoms with E-state index in [1.54, 1.807) is 11.3 Å². The number of hydrogen-bond acceptors (Lipinski definition) is 8. The number of para-hydroxylation sites is 3. The molecule has 0 N–H and O–H groups in total. The van der Waals surface area contributed by atoms with E-state index in [0.29, 0.717) is 0 Å². The molecule has 84 heavy (non-hydrogen) atoms. The Kier molecular flexibility index (Phi) is 30.1. The summed E-state index contributed by atoms with van der Waals surface area (Å²) in [6.07, 6.45) is 13.6. The van der Waals surface area contributed by atoms with Crippen LogP contribution in [-0.4, -0.2) is 50.8 Å². The molecule has 0 saturated carbocycles. The maximum absolute atomic E-state index is 4.57. The van der Waals surface area contributed by atoms with Crippen molar-refractivity contribution in [1.82, 2.24) is 43.8 Å². The zero-order chi connectivity index (χ0) is 54.8. The van der Waals surface area contributed by atoms with E-state index in [4.69, 9.17) is 0 Å². The maximum Gasteiger partial charge on any atom is 0.140 e. The minimum Gasteiger partial charge on any atom is -0.510 e. The number of aryl methyl sites for hydroxylation is 5. The van der Waals surface area contributed by atoms with Crippen LogP contribution in [0, 0.1) is 57.8 Å². The second-order valence-electron chi connectivity index (χ2n) is 18.4. The summed E-state index contributed by atoms with van der Waals surface area (Å²) in [5.41, 5.74) is 12.3. The van der Waals surface area contributed by atoms with Gasteiger partial charge in [-0.1, -0.05) is 55.0 Å². The van der Waals surface area contributed by atoms with Crippen LogP contribution >= 0.6 is 11.3 Å². The summed E-state index contributed by atoms with van der Waals surface area (Å²) >= 11 is 1.71. The number of hydrogen-bond donors (Lipinski definition) is 0. The first-order chi connectivity index (χ1) is 38.7. The molecule has 0 unspecified atom stereocenters. The summed E-state index contributed by atoms with van der Waals surface area (Å²) in [4.78, 5) is 22.0. The number of fused-ring (bicyclic) bond motifs is 1. The molecular weight excluding hydrogens is 1950 g/mol. The van der Waals surface area contributed by atoms with Gasteiger partial charge in [-0.3, -0.25) is 24.6 Å². The van der Waals surface area contributed by atoms with Gasteiger partial charge in [0.15, 0.2) is 0 Å². The Bertz CT molecular complexity index is 3690. The van der Waals surface area contributed by atoms with E-state index >= 15 is 0 Å². The monoisotopic (exact) mass is 2010 g/mol. The molecular formula is C68H60Ir5N10S-6. The summed E-state index contributed by atoms with van der Waals surface area (Å²) in [6, 6.07) is 78.2. The molecule has 4 aromatic heterocycles. The molecule has 0 fully saturated rings. The molecule has 0 bridgehead atoms. The van der Waals surface area contributed by atoms with Crippen molar-refractivity contribution < 1.29 is 101 Å². The minimum atomic E-state index is 0. The van der Waals surface area contributed by atoms with Crippen LogP contribution in [0.4, 0.5) is 5.69 Å². The van der Waals surface area contributed by atoms with Crippen LogP contribution < -0.4 is 4.90 Å². The Morgan fingerprint density at radius 2 is 1.01 bits per heavy atom. The molecule has 1 aliphatic rings. The van der Waals surface area contributed by atoms with Gasteiger partial charge in [0.2, 0.25) is 0 Å². The van der Waals surface area contributed by atoms with Crippen molar-refractivity contribution in [3.8, 4) is 56.1 Å². The Morgan fingerprint density at radius 3 is 1.52 bits per heavy atom. The van der Waals surface area contributed by atoms with Gasteiger partial charge in [-0.2, -0.15) is 53.4 Å². The summed E-state index contributed by atoms with van der Waals surface area (Å²) in [5, 5.41) is 5.40. The number of rotatable bonds is 9.